The second-order valence-corrected chi connectivity index (χ2v) is 10.5. The van der Waals surface area contributed by atoms with E-state index in [9.17, 15) is 9.59 Å². The first-order chi connectivity index (χ1) is 18.1. The molecule has 0 saturated carbocycles. The van der Waals surface area contributed by atoms with E-state index in [2.05, 4.69) is 31.1 Å². The molecule has 38 heavy (non-hydrogen) atoms. The zero-order chi connectivity index (χ0) is 27.7. The van der Waals surface area contributed by atoms with Gasteiger partial charge in [0.2, 0.25) is 5.91 Å². The molecule has 0 fully saturated rings. The molecule has 3 aromatic rings. The fraction of sp³-hybridized carbons (Fsp3) is 0.464. The summed E-state index contributed by atoms with van der Waals surface area (Å²) in [4.78, 5) is 30.5. The molecule has 0 radical (unpaired) electrons. The van der Waals surface area contributed by atoms with Crippen LogP contribution in [0.4, 0.5) is 5.69 Å². The Balaban J connectivity index is 1.36. The van der Waals surface area contributed by atoms with Crippen molar-refractivity contribution in [1.29, 1.82) is 0 Å². The lowest BCUT2D eigenvalue weighted by Gasteiger charge is -2.28. The van der Waals surface area contributed by atoms with Crippen molar-refractivity contribution in [3.63, 3.8) is 0 Å². The molecule has 0 spiro atoms. The van der Waals surface area contributed by atoms with Crippen LogP contribution in [0.3, 0.4) is 0 Å². The van der Waals surface area contributed by atoms with E-state index in [1.54, 1.807) is 13.2 Å². The van der Waals surface area contributed by atoms with Gasteiger partial charge in [-0.3, -0.25) is 14.0 Å². The number of carbonyl (C=O) groups is 2. The van der Waals surface area contributed by atoms with Crippen molar-refractivity contribution in [2.24, 2.45) is 5.41 Å². The van der Waals surface area contributed by atoms with Gasteiger partial charge in [0, 0.05) is 29.9 Å². The summed E-state index contributed by atoms with van der Waals surface area (Å²) in [7, 11) is 1.70. The molecule has 2 heterocycles. The van der Waals surface area contributed by atoms with Crippen molar-refractivity contribution in [1.82, 2.24) is 14.7 Å². The van der Waals surface area contributed by atoms with Crippen LogP contribution >= 0.6 is 11.6 Å². The lowest BCUT2D eigenvalue weighted by Crippen LogP contribution is -2.43. The van der Waals surface area contributed by atoms with Crippen LogP contribution < -0.4 is 10.2 Å². The van der Waals surface area contributed by atoms with Gasteiger partial charge in [-0.2, -0.15) is 0 Å². The first-order valence-corrected chi connectivity index (χ1v) is 13.0. The Morgan fingerprint density at radius 2 is 1.68 bits per heavy atom. The lowest BCUT2D eigenvalue weighted by molar-refractivity contribution is -0.127. The normalized spacial score (nSPS) is 12.5. The van der Waals surface area contributed by atoms with Gasteiger partial charge in [0.25, 0.3) is 5.91 Å². The summed E-state index contributed by atoms with van der Waals surface area (Å²) in [5.41, 5.74) is 3.14. The molecule has 1 N–H and O–H groups in total. The Hall–Kier alpha value is -2.98. The molecular weight excluding hydrogens is 508 g/mol. The van der Waals surface area contributed by atoms with Crippen molar-refractivity contribution in [3.8, 4) is 11.3 Å². The van der Waals surface area contributed by atoms with Crippen LogP contribution in [0, 0.1) is 5.41 Å². The molecule has 1 aromatic carbocycles. The van der Waals surface area contributed by atoms with Crippen LogP contribution in [0.1, 0.15) is 27.7 Å². The molecule has 0 bridgehead atoms. The molecule has 0 aliphatic carbocycles. The number of amides is 2. The Bertz CT molecular complexity index is 1220. The smallest absolute Gasteiger partial charge is 0.252 e. The molecule has 206 valence electrons. The van der Waals surface area contributed by atoms with Gasteiger partial charge in [-0.15, -0.1) is 0 Å². The number of aromatic nitrogens is 2. The summed E-state index contributed by atoms with van der Waals surface area (Å²) >= 11 is 6.37. The van der Waals surface area contributed by atoms with Gasteiger partial charge in [-0.25, -0.2) is 4.98 Å². The Labute approximate surface area is 229 Å². The Kier molecular flexibility index (Phi) is 10.7. The molecule has 2 amide bonds. The predicted octanol–water partition coefficient (Wildman–Crippen LogP) is 4.22. The van der Waals surface area contributed by atoms with E-state index < -0.39 is 0 Å². The van der Waals surface area contributed by atoms with Gasteiger partial charge in [0.15, 0.2) is 0 Å². The van der Waals surface area contributed by atoms with Crippen LogP contribution in [0.15, 0.2) is 48.8 Å². The highest BCUT2D eigenvalue weighted by molar-refractivity contribution is 6.33. The summed E-state index contributed by atoms with van der Waals surface area (Å²) in [6, 6.07) is 11.3. The van der Waals surface area contributed by atoms with Crippen molar-refractivity contribution in [2.75, 3.05) is 51.6 Å². The van der Waals surface area contributed by atoms with Crippen LogP contribution in [-0.2, 0) is 23.8 Å². The molecule has 1 atom stereocenters. The molecule has 9 nitrogen and oxygen atoms in total. The average Bonchev–Trinajstić information content (AvgIpc) is 3.29. The van der Waals surface area contributed by atoms with Crippen LogP contribution in [0.5, 0.6) is 0 Å². The number of hydrogen-bond donors (Lipinski definition) is 1. The number of pyridine rings is 1. The third kappa shape index (κ3) is 8.26. The second-order valence-electron chi connectivity index (χ2n) is 10.1. The number of halogens is 1. The number of likely N-dealkylation sites (N-methyl/N-ethyl adjacent to an activating group) is 1. The number of carbonyl (C=O) groups excluding carboxylic acids is 2. The minimum absolute atomic E-state index is 0.00807. The highest BCUT2D eigenvalue weighted by Gasteiger charge is 2.21. The first-order valence-electron chi connectivity index (χ1n) is 12.6. The van der Waals surface area contributed by atoms with Crippen LogP contribution in [-0.4, -0.2) is 73.9 Å². The maximum absolute atomic E-state index is 12.7. The maximum Gasteiger partial charge on any atom is 0.252 e. The number of anilines is 1. The zero-order valence-electron chi connectivity index (χ0n) is 22.7. The molecule has 0 aliphatic heterocycles. The van der Waals surface area contributed by atoms with Crippen molar-refractivity contribution < 1.29 is 23.8 Å². The van der Waals surface area contributed by atoms with Gasteiger partial charge in [-0.1, -0.05) is 50.6 Å². The van der Waals surface area contributed by atoms with Crippen LogP contribution in [0.2, 0.25) is 5.02 Å². The van der Waals surface area contributed by atoms with E-state index in [1.165, 1.54) is 4.90 Å². The SMILES string of the molecule is C[C@H](NC(=O)COCCOCCOCC(=O)N(C)c1ccc2ncc(-c3ccccc3Cl)n2c1)C(C)(C)C. The topological polar surface area (TPSA) is 94.4 Å². The number of rotatable bonds is 13. The lowest BCUT2D eigenvalue weighted by atomic mass is 9.88. The number of fused-ring (bicyclic) bond motifs is 1. The summed E-state index contributed by atoms with van der Waals surface area (Å²) < 4.78 is 18.2. The maximum atomic E-state index is 12.7. The van der Waals surface area contributed by atoms with E-state index in [0.29, 0.717) is 30.5 Å². The van der Waals surface area contributed by atoms with E-state index in [-0.39, 0.29) is 43.1 Å². The van der Waals surface area contributed by atoms with Gasteiger partial charge >= 0.3 is 0 Å². The van der Waals surface area contributed by atoms with Crippen molar-refractivity contribution in [2.45, 2.75) is 33.7 Å². The minimum atomic E-state index is -0.192. The molecule has 0 saturated heterocycles. The molecule has 0 aliphatic rings. The van der Waals surface area contributed by atoms with Gasteiger partial charge in [-0.05, 0) is 30.5 Å². The molecule has 2 aromatic heterocycles. The summed E-state index contributed by atoms with van der Waals surface area (Å²) in [5.74, 6) is -0.340. The zero-order valence-corrected chi connectivity index (χ0v) is 23.5. The third-order valence-electron chi connectivity index (χ3n) is 6.28. The van der Waals surface area contributed by atoms with Crippen molar-refractivity contribution in [3.05, 3.63) is 53.8 Å². The number of nitrogens with one attached hydrogen (secondary N) is 1. The van der Waals surface area contributed by atoms with Gasteiger partial charge in [0.1, 0.15) is 18.9 Å². The highest BCUT2D eigenvalue weighted by atomic mass is 35.5. The summed E-state index contributed by atoms with van der Waals surface area (Å²) in [6.45, 7) is 9.30. The number of benzene rings is 1. The largest absolute Gasteiger partial charge is 0.377 e. The van der Waals surface area contributed by atoms with E-state index in [1.807, 2.05) is 53.9 Å². The molecule has 3 rings (SSSR count). The molecule has 10 heteroatoms. The number of hydrogen-bond acceptors (Lipinski definition) is 6. The van der Waals surface area contributed by atoms with Gasteiger partial charge in [0.05, 0.1) is 44.0 Å². The average molecular weight is 545 g/mol. The standard InChI is InChI=1S/C28H37ClN4O5/c1-20(28(2,3)4)31-26(34)18-37-14-12-36-13-15-38-19-27(35)32(5)21-10-11-25-30-16-24(33(25)17-21)22-8-6-7-9-23(22)29/h6-11,16-17,20H,12-15,18-19H2,1-5H3,(H,31,34)/t20-/m0/s1. The number of nitrogens with zero attached hydrogens (tertiary/aromatic N) is 3. The Morgan fingerprint density at radius 1 is 1.03 bits per heavy atom. The molecular formula is C28H37ClN4O5. The fourth-order valence-electron chi connectivity index (χ4n) is 3.44. The minimum Gasteiger partial charge on any atom is -0.377 e. The van der Waals surface area contributed by atoms with Crippen LogP contribution in [0.25, 0.3) is 16.9 Å². The predicted molar refractivity (Wildman–Crippen MR) is 149 cm³/mol. The van der Waals surface area contributed by atoms with Crippen molar-refractivity contribution >= 4 is 34.7 Å². The monoisotopic (exact) mass is 544 g/mol. The van der Waals surface area contributed by atoms with E-state index in [0.717, 1.165) is 16.9 Å². The quantitative estimate of drug-likeness (QED) is 0.324. The van der Waals surface area contributed by atoms with Gasteiger partial charge < -0.3 is 24.4 Å². The third-order valence-corrected chi connectivity index (χ3v) is 6.61. The first kappa shape index (κ1) is 29.6. The number of ether oxygens (including phenoxy) is 3. The number of imidazole rings is 1. The second kappa shape index (κ2) is 13.7. The summed E-state index contributed by atoms with van der Waals surface area (Å²) in [6.07, 6.45) is 3.62. The Morgan fingerprint density at radius 3 is 2.37 bits per heavy atom. The molecule has 0 unspecified atom stereocenters. The van der Waals surface area contributed by atoms with E-state index in [4.69, 9.17) is 25.8 Å². The highest BCUT2D eigenvalue weighted by Crippen LogP contribution is 2.29. The van der Waals surface area contributed by atoms with E-state index >= 15 is 0 Å². The fourth-order valence-corrected chi connectivity index (χ4v) is 3.67. The summed E-state index contributed by atoms with van der Waals surface area (Å²) in [5, 5.41) is 3.55.